The van der Waals surface area contributed by atoms with Crippen LogP contribution < -0.4 is 10.6 Å². The lowest BCUT2D eigenvalue weighted by Gasteiger charge is -2.17. The standard InChI is InChI=1S/C11H13N3O2S/c1-7(15)17-8-4-11(16)14(6-8)10-5-13-3-2-9(10)12/h2-3,5,8H,4,6H2,1H3,(H2,12,13). The Labute approximate surface area is 103 Å². The Morgan fingerprint density at radius 2 is 2.41 bits per heavy atom. The Hall–Kier alpha value is -1.56. The number of amides is 1. The van der Waals surface area contributed by atoms with Gasteiger partial charge in [-0.3, -0.25) is 14.6 Å². The van der Waals surface area contributed by atoms with E-state index < -0.39 is 0 Å². The molecule has 17 heavy (non-hydrogen) atoms. The molecule has 2 heterocycles. The lowest BCUT2D eigenvalue weighted by molar-refractivity contribution is -0.117. The number of pyridine rings is 1. The number of nitrogens with two attached hydrogens (primary N) is 1. The highest BCUT2D eigenvalue weighted by Crippen LogP contribution is 2.31. The number of nitrogen functional groups attached to an aromatic ring is 1. The third kappa shape index (κ3) is 2.58. The zero-order valence-electron chi connectivity index (χ0n) is 9.42. The molecule has 0 radical (unpaired) electrons. The van der Waals surface area contributed by atoms with Crippen molar-refractivity contribution in [2.24, 2.45) is 0 Å². The van der Waals surface area contributed by atoms with Crippen LogP contribution in [0.2, 0.25) is 0 Å². The molecule has 1 aliphatic heterocycles. The summed E-state index contributed by atoms with van der Waals surface area (Å²) >= 11 is 1.21. The second kappa shape index (κ2) is 4.75. The molecule has 2 rings (SSSR count). The number of rotatable bonds is 2. The molecule has 0 spiro atoms. The molecule has 6 heteroatoms. The summed E-state index contributed by atoms with van der Waals surface area (Å²) in [6.45, 7) is 2.02. The van der Waals surface area contributed by atoms with Crippen LogP contribution in [0.3, 0.4) is 0 Å². The average molecular weight is 251 g/mol. The summed E-state index contributed by atoms with van der Waals surface area (Å²) in [5.41, 5.74) is 6.96. The monoisotopic (exact) mass is 251 g/mol. The average Bonchev–Trinajstić information content (AvgIpc) is 2.59. The number of hydrogen-bond acceptors (Lipinski definition) is 5. The second-order valence-electron chi connectivity index (χ2n) is 3.87. The molecule has 1 amide bonds. The molecule has 1 unspecified atom stereocenters. The van der Waals surface area contributed by atoms with Gasteiger partial charge in [-0.1, -0.05) is 11.8 Å². The molecule has 1 aromatic heterocycles. The summed E-state index contributed by atoms with van der Waals surface area (Å²) in [7, 11) is 0. The van der Waals surface area contributed by atoms with Crippen molar-refractivity contribution in [3.63, 3.8) is 0 Å². The van der Waals surface area contributed by atoms with Gasteiger partial charge in [0.1, 0.15) is 0 Å². The van der Waals surface area contributed by atoms with Crippen molar-refractivity contribution in [2.75, 3.05) is 17.2 Å². The lowest BCUT2D eigenvalue weighted by Crippen LogP contribution is -2.26. The molecule has 1 saturated heterocycles. The fourth-order valence-corrected chi connectivity index (χ4v) is 2.76. The van der Waals surface area contributed by atoms with E-state index >= 15 is 0 Å². The van der Waals surface area contributed by atoms with Crippen LogP contribution in [-0.2, 0) is 9.59 Å². The quantitative estimate of drug-likeness (QED) is 0.850. The molecule has 1 aromatic rings. The molecule has 0 bridgehead atoms. The maximum absolute atomic E-state index is 11.8. The third-order valence-corrected chi connectivity index (χ3v) is 3.53. The van der Waals surface area contributed by atoms with Gasteiger partial charge in [-0.2, -0.15) is 0 Å². The summed E-state index contributed by atoms with van der Waals surface area (Å²) in [6, 6.07) is 1.66. The Morgan fingerprint density at radius 3 is 3.06 bits per heavy atom. The second-order valence-corrected chi connectivity index (χ2v) is 5.35. The van der Waals surface area contributed by atoms with Crippen molar-refractivity contribution in [2.45, 2.75) is 18.6 Å². The van der Waals surface area contributed by atoms with E-state index in [2.05, 4.69) is 4.98 Å². The first-order valence-corrected chi connectivity index (χ1v) is 6.13. The van der Waals surface area contributed by atoms with Crippen molar-refractivity contribution in [3.05, 3.63) is 18.5 Å². The fraction of sp³-hybridized carbons (Fsp3) is 0.364. The van der Waals surface area contributed by atoms with E-state index in [1.807, 2.05) is 0 Å². The summed E-state index contributed by atoms with van der Waals surface area (Å²) in [4.78, 5) is 28.4. The van der Waals surface area contributed by atoms with Crippen LogP contribution >= 0.6 is 11.8 Å². The van der Waals surface area contributed by atoms with Crippen molar-refractivity contribution >= 4 is 34.2 Å². The Balaban J connectivity index is 2.16. The molecule has 90 valence electrons. The number of nitrogens with zero attached hydrogens (tertiary/aromatic N) is 2. The largest absolute Gasteiger partial charge is 0.397 e. The highest BCUT2D eigenvalue weighted by molar-refractivity contribution is 8.14. The van der Waals surface area contributed by atoms with Crippen molar-refractivity contribution in [1.29, 1.82) is 0 Å². The minimum Gasteiger partial charge on any atom is -0.397 e. The van der Waals surface area contributed by atoms with E-state index in [0.717, 1.165) is 0 Å². The van der Waals surface area contributed by atoms with Crippen LogP contribution in [0.25, 0.3) is 0 Å². The molecule has 1 fully saturated rings. The van der Waals surface area contributed by atoms with Crippen molar-refractivity contribution in [1.82, 2.24) is 4.98 Å². The molecular weight excluding hydrogens is 238 g/mol. The van der Waals surface area contributed by atoms with Crippen molar-refractivity contribution < 1.29 is 9.59 Å². The molecule has 5 nitrogen and oxygen atoms in total. The maximum atomic E-state index is 11.8. The first-order valence-electron chi connectivity index (χ1n) is 5.25. The fourth-order valence-electron chi connectivity index (χ4n) is 1.84. The van der Waals surface area contributed by atoms with Crippen LogP contribution in [0.1, 0.15) is 13.3 Å². The molecule has 2 N–H and O–H groups in total. The zero-order chi connectivity index (χ0) is 12.4. The van der Waals surface area contributed by atoms with Gasteiger partial charge in [-0.25, -0.2) is 0 Å². The summed E-state index contributed by atoms with van der Waals surface area (Å²) < 4.78 is 0. The van der Waals surface area contributed by atoms with Crippen LogP contribution in [0.5, 0.6) is 0 Å². The van der Waals surface area contributed by atoms with Crippen LogP contribution in [0.15, 0.2) is 18.5 Å². The zero-order valence-corrected chi connectivity index (χ0v) is 10.2. The molecule has 1 aliphatic rings. The topological polar surface area (TPSA) is 76.3 Å². The number of hydrogen-bond donors (Lipinski definition) is 1. The van der Waals surface area contributed by atoms with Gasteiger partial charge in [0, 0.05) is 31.3 Å². The third-order valence-electron chi connectivity index (χ3n) is 2.55. The van der Waals surface area contributed by atoms with Gasteiger partial charge in [0.05, 0.1) is 17.6 Å². The molecule has 0 aromatic carbocycles. The first kappa shape index (κ1) is 11.9. The normalized spacial score (nSPS) is 19.7. The van der Waals surface area contributed by atoms with Gasteiger partial charge in [-0.05, 0) is 6.07 Å². The molecule has 0 saturated carbocycles. The SMILES string of the molecule is CC(=O)SC1CC(=O)N(c2cnccc2N)C1. The van der Waals surface area contributed by atoms with Crippen LogP contribution in [0.4, 0.5) is 11.4 Å². The Morgan fingerprint density at radius 1 is 1.65 bits per heavy atom. The summed E-state index contributed by atoms with van der Waals surface area (Å²) in [5.74, 6) is -0.0107. The van der Waals surface area contributed by atoms with Crippen LogP contribution in [0, 0.1) is 0 Å². The van der Waals surface area contributed by atoms with Gasteiger partial charge in [0.25, 0.3) is 0 Å². The van der Waals surface area contributed by atoms with Gasteiger partial charge < -0.3 is 10.6 Å². The smallest absolute Gasteiger partial charge is 0.228 e. The van der Waals surface area contributed by atoms with Gasteiger partial charge >= 0.3 is 0 Å². The highest BCUT2D eigenvalue weighted by atomic mass is 32.2. The minimum atomic E-state index is -0.0107. The first-order chi connectivity index (χ1) is 8.08. The molecule has 0 aliphatic carbocycles. The molecular formula is C11H13N3O2S. The van der Waals surface area contributed by atoms with Gasteiger partial charge in [0.2, 0.25) is 5.91 Å². The van der Waals surface area contributed by atoms with E-state index in [-0.39, 0.29) is 16.3 Å². The summed E-state index contributed by atoms with van der Waals surface area (Å²) in [5, 5.41) is 0.0448. The number of carbonyl (C=O) groups excluding carboxylic acids is 2. The lowest BCUT2D eigenvalue weighted by atomic mass is 10.3. The van der Waals surface area contributed by atoms with E-state index in [1.165, 1.54) is 18.7 Å². The number of thioether (sulfide) groups is 1. The number of aromatic nitrogens is 1. The van der Waals surface area contributed by atoms with E-state index in [9.17, 15) is 9.59 Å². The maximum Gasteiger partial charge on any atom is 0.228 e. The predicted molar refractivity (Wildman–Crippen MR) is 67.7 cm³/mol. The molecule has 1 atom stereocenters. The highest BCUT2D eigenvalue weighted by Gasteiger charge is 2.32. The van der Waals surface area contributed by atoms with E-state index in [1.54, 1.807) is 23.4 Å². The number of carbonyl (C=O) groups is 2. The minimum absolute atomic E-state index is 0.0107. The predicted octanol–water partition coefficient (Wildman–Crippen LogP) is 1.05. The van der Waals surface area contributed by atoms with Gasteiger partial charge in [0.15, 0.2) is 5.12 Å². The summed E-state index contributed by atoms with van der Waals surface area (Å²) in [6.07, 6.45) is 3.54. The Bertz CT molecular complexity index is 464. The Kier molecular flexibility index (Phi) is 3.33. The van der Waals surface area contributed by atoms with Crippen LogP contribution in [-0.4, -0.2) is 27.8 Å². The van der Waals surface area contributed by atoms with Crippen molar-refractivity contribution in [3.8, 4) is 0 Å². The number of anilines is 2. The van der Waals surface area contributed by atoms with Gasteiger partial charge in [-0.15, -0.1) is 0 Å². The van der Waals surface area contributed by atoms with E-state index in [4.69, 9.17) is 5.73 Å². The van der Waals surface area contributed by atoms with E-state index in [0.29, 0.717) is 24.3 Å².